The van der Waals surface area contributed by atoms with Crippen molar-refractivity contribution in [2.75, 3.05) is 5.32 Å². The fourth-order valence-electron chi connectivity index (χ4n) is 1.85. The molecule has 0 radical (unpaired) electrons. The van der Waals surface area contributed by atoms with E-state index in [0.29, 0.717) is 11.3 Å². The van der Waals surface area contributed by atoms with E-state index in [1.807, 2.05) is 6.07 Å². The molecule has 2 aromatic rings. The standard InChI is InChI=1S/C16H14N2O3/c17-16(21)13-6-1-2-7-14(13)18-12-5-3-4-11(10-12)8-9-15(19)20/h1-10,18H,(H2,17,21)(H,19,20)/b9-8+. The van der Waals surface area contributed by atoms with Gasteiger partial charge in [-0.05, 0) is 35.9 Å². The first-order chi connectivity index (χ1) is 10.1. The number of amides is 1. The monoisotopic (exact) mass is 282 g/mol. The largest absolute Gasteiger partial charge is 0.478 e. The van der Waals surface area contributed by atoms with Gasteiger partial charge < -0.3 is 16.2 Å². The summed E-state index contributed by atoms with van der Waals surface area (Å²) in [7, 11) is 0. The summed E-state index contributed by atoms with van der Waals surface area (Å²) < 4.78 is 0. The number of rotatable bonds is 5. The number of hydrogen-bond acceptors (Lipinski definition) is 3. The molecule has 1 amide bonds. The van der Waals surface area contributed by atoms with Crippen molar-refractivity contribution in [2.24, 2.45) is 5.73 Å². The Morgan fingerprint density at radius 2 is 1.86 bits per heavy atom. The Kier molecular flexibility index (Phi) is 4.36. The van der Waals surface area contributed by atoms with Gasteiger partial charge in [-0.1, -0.05) is 24.3 Å². The molecule has 5 heteroatoms. The number of anilines is 2. The van der Waals surface area contributed by atoms with Gasteiger partial charge in [0.25, 0.3) is 5.91 Å². The summed E-state index contributed by atoms with van der Waals surface area (Å²) in [5.74, 6) is -1.52. The first-order valence-corrected chi connectivity index (χ1v) is 6.23. The highest BCUT2D eigenvalue weighted by atomic mass is 16.4. The maximum Gasteiger partial charge on any atom is 0.328 e. The Balaban J connectivity index is 2.26. The number of carboxylic acids is 1. The van der Waals surface area contributed by atoms with Gasteiger partial charge in [-0.3, -0.25) is 4.79 Å². The predicted octanol–water partition coefficient (Wildman–Crippen LogP) is 2.63. The van der Waals surface area contributed by atoms with Crippen molar-refractivity contribution < 1.29 is 14.7 Å². The molecule has 0 heterocycles. The third-order valence-corrected chi connectivity index (χ3v) is 2.78. The zero-order valence-electron chi connectivity index (χ0n) is 11.1. The van der Waals surface area contributed by atoms with E-state index in [9.17, 15) is 9.59 Å². The van der Waals surface area contributed by atoms with Gasteiger partial charge in [0.05, 0.1) is 11.3 Å². The average molecular weight is 282 g/mol. The van der Waals surface area contributed by atoms with Crippen LogP contribution in [0.5, 0.6) is 0 Å². The first-order valence-electron chi connectivity index (χ1n) is 6.23. The number of nitrogens with two attached hydrogens (primary N) is 1. The van der Waals surface area contributed by atoms with Crippen LogP contribution in [0.25, 0.3) is 6.08 Å². The molecule has 0 bridgehead atoms. The average Bonchev–Trinajstić information content (AvgIpc) is 2.46. The van der Waals surface area contributed by atoms with E-state index < -0.39 is 11.9 Å². The molecule has 0 saturated carbocycles. The second kappa shape index (κ2) is 6.38. The van der Waals surface area contributed by atoms with Crippen LogP contribution in [0, 0.1) is 0 Å². The molecule has 0 unspecified atom stereocenters. The minimum atomic E-state index is -1.01. The minimum Gasteiger partial charge on any atom is -0.478 e. The van der Waals surface area contributed by atoms with Crippen LogP contribution in [-0.2, 0) is 4.79 Å². The van der Waals surface area contributed by atoms with Crippen molar-refractivity contribution in [3.63, 3.8) is 0 Å². The number of hydrogen-bond donors (Lipinski definition) is 3. The molecule has 21 heavy (non-hydrogen) atoms. The van der Waals surface area contributed by atoms with E-state index in [1.165, 1.54) is 6.08 Å². The maximum atomic E-state index is 11.4. The van der Waals surface area contributed by atoms with Gasteiger partial charge in [0.15, 0.2) is 0 Å². The summed E-state index contributed by atoms with van der Waals surface area (Å²) in [5, 5.41) is 11.7. The molecule has 0 aromatic heterocycles. The zero-order valence-corrected chi connectivity index (χ0v) is 11.1. The molecule has 5 nitrogen and oxygen atoms in total. The Morgan fingerprint density at radius 3 is 2.57 bits per heavy atom. The fraction of sp³-hybridized carbons (Fsp3) is 0. The summed E-state index contributed by atoms with van der Waals surface area (Å²) >= 11 is 0. The van der Waals surface area contributed by atoms with E-state index >= 15 is 0 Å². The highest BCUT2D eigenvalue weighted by molar-refractivity contribution is 5.99. The number of para-hydroxylation sites is 1. The highest BCUT2D eigenvalue weighted by Gasteiger charge is 2.07. The van der Waals surface area contributed by atoms with Gasteiger partial charge in [-0.15, -0.1) is 0 Å². The van der Waals surface area contributed by atoms with E-state index in [2.05, 4.69) is 5.32 Å². The summed E-state index contributed by atoms with van der Waals surface area (Å²) in [6.07, 6.45) is 2.56. The molecule has 0 aliphatic rings. The number of benzene rings is 2. The van der Waals surface area contributed by atoms with Crippen molar-refractivity contribution in [1.82, 2.24) is 0 Å². The SMILES string of the molecule is NC(=O)c1ccccc1Nc1cccc(/C=C/C(=O)O)c1. The molecule has 0 saturated heterocycles. The molecule has 0 aliphatic heterocycles. The molecule has 0 atom stereocenters. The Labute approximate surface area is 121 Å². The van der Waals surface area contributed by atoms with Crippen molar-refractivity contribution in [1.29, 1.82) is 0 Å². The van der Waals surface area contributed by atoms with Crippen LogP contribution in [-0.4, -0.2) is 17.0 Å². The lowest BCUT2D eigenvalue weighted by molar-refractivity contribution is -0.131. The molecule has 0 aliphatic carbocycles. The number of nitrogens with one attached hydrogen (secondary N) is 1. The fourth-order valence-corrected chi connectivity index (χ4v) is 1.85. The predicted molar refractivity (Wildman–Crippen MR) is 81.4 cm³/mol. The molecule has 4 N–H and O–H groups in total. The van der Waals surface area contributed by atoms with E-state index in [0.717, 1.165) is 17.3 Å². The molecule has 0 spiro atoms. The van der Waals surface area contributed by atoms with Crippen molar-refractivity contribution >= 4 is 29.3 Å². The van der Waals surface area contributed by atoms with Crippen LogP contribution < -0.4 is 11.1 Å². The topological polar surface area (TPSA) is 92.4 Å². The third-order valence-electron chi connectivity index (χ3n) is 2.78. The van der Waals surface area contributed by atoms with Crippen LogP contribution in [0.2, 0.25) is 0 Å². The van der Waals surface area contributed by atoms with Crippen LogP contribution in [0.1, 0.15) is 15.9 Å². The van der Waals surface area contributed by atoms with Gasteiger partial charge in [-0.25, -0.2) is 4.79 Å². The van der Waals surface area contributed by atoms with E-state index in [4.69, 9.17) is 10.8 Å². The normalized spacial score (nSPS) is 10.5. The molecule has 2 rings (SSSR count). The van der Waals surface area contributed by atoms with E-state index in [-0.39, 0.29) is 0 Å². The van der Waals surface area contributed by atoms with Crippen molar-refractivity contribution in [2.45, 2.75) is 0 Å². The summed E-state index contributed by atoms with van der Waals surface area (Å²) in [5.41, 5.74) is 7.79. The third kappa shape index (κ3) is 3.94. The second-order valence-electron chi connectivity index (χ2n) is 4.33. The lowest BCUT2D eigenvalue weighted by Crippen LogP contribution is -2.13. The number of carbonyl (C=O) groups is 2. The smallest absolute Gasteiger partial charge is 0.328 e. The molecule has 0 fully saturated rings. The lowest BCUT2D eigenvalue weighted by Gasteiger charge is -2.10. The molecular formula is C16H14N2O3. The lowest BCUT2D eigenvalue weighted by atomic mass is 10.1. The Morgan fingerprint density at radius 1 is 1.10 bits per heavy atom. The first kappa shape index (κ1) is 14.3. The number of carbonyl (C=O) groups excluding carboxylic acids is 1. The summed E-state index contributed by atoms with van der Waals surface area (Å²) in [6.45, 7) is 0. The quantitative estimate of drug-likeness (QED) is 0.735. The van der Waals surface area contributed by atoms with Crippen LogP contribution in [0.15, 0.2) is 54.6 Å². The Hall–Kier alpha value is -3.08. The van der Waals surface area contributed by atoms with Crippen molar-refractivity contribution in [3.05, 3.63) is 65.7 Å². The minimum absolute atomic E-state index is 0.393. The van der Waals surface area contributed by atoms with Gasteiger partial charge in [0.2, 0.25) is 0 Å². The summed E-state index contributed by atoms with van der Waals surface area (Å²) in [6, 6.07) is 14.1. The van der Waals surface area contributed by atoms with E-state index in [1.54, 1.807) is 42.5 Å². The second-order valence-corrected chi connectivity index (χ2v) is 4.33. The van der Waals surface area contributed by atoms with Crippen LogP contribution in [0.3, 0.4) is 0 Å². The van der Waals surface area contributed by atoms with Gasteiger partial charge in [-0.2, -0.15) is 0 Å². The Bertz CT molecular complexity index is 708. The van der Waals surface area contributed by atoms with Gasteiger partial charge in [0.1, 0.15) is 0 Å². The number of aliphatic carboxylic acids is 1. The molecule has 2 aromatic carbocycles. The zero-order chi connectivity index (χ0) is 15.2. The van der Waals surface area contributed by atoms with Crippen LogP contribution in [0.4, 0.5) is 11.4 Å². The number of carboxylic acid groups (broad SMARTS) is 1. The van der Waals surface area contributed by atoms with Crippen molar-refractivity contribution in [3.8, 4) is 0 Å². The summed E-state index contributed by atoms with van der Waals surface area (Å²) in [4.78, 5) is 21.9. The maximum absolute atomic E-state index is 11.4. The highest BCUT2D eigenvalue weighted by Crippen LogP contribution is 2.21. The molecule has 106 valence electrons. The number of primary amides is 1. The van der Waals surface area contributed by atoms with Gasteiger partial charge in [0, 0.05) is 11.8 Å². The van der Waals surface area contributed by atoms with Gasteiger partial charge >= 0.3 is 5.97 Å². The van der Waals surface area contributed by atoms with Crippen LogP contribution >= 0.6 is 0 Å². The molecular weight excluding hydrogens is 268 g/mol.